The third-order valence-corrected chi connectivity index (χ3v) is 5.98. The van der Waals surface area contributed by atoms with Gasteiger partial charge >= 0.3 is 0 Å². The van der Waals surface area contributed by atoms with Crippen LogP contribution in [-0.4, -0.2) is 58.5 Å². The molecule has 0 aliphatic carbocycles. The standard InChI is InChI=1S/C24H26FN3O3/c1-15-13-27(23(29)18-6-5-17-9-10-26(3)22(17)11-18)14-16(2)28(15)24(30)20-8-7-19(31-4)12-21(20)25/h5-12,15-16H,13-14H2,1-4H3/t15-,16-/m1/s1. The lowest BCUT2D eigenvalue weighted by atomic mass is 10.0. The van der Waals surface area contributed by atoms with Crippen LogP contribution < -0.4 is 4.74 Å². The molecule has 2 atom stereocenters. The van der Waals surface area contributed by atoms with E-state index in [1.54, 1.807) is 15.9 Å². The number of aryl methyl sites for hydroxylation is 1. The summed E-state index contributed by atoms with van der Waals surface area (Å²) in [5, 5.41) is 1.08. The smallest absolute Gasteiger partial charge is 0.257 e. The van der Waals surface area contributed by atoms with Crippen molar-refractivity contribution in [1.82, 2.24) is 14.4 Å². The largest absolute Gasteiger partial charge is 0.497 e. The SMILES string of the molecule is COc1ccc(C(=O)N2[C@H](C)CN(C(=O)c3ccc4ccn(C)c4c3)C[C@H]2C)c(F)c1. The summed E-state index contributed by atoms with van der Waals surface area (Å²) < 4.78 is 21.5. The fourth-order valence-electron chi connectivity index (χ4n) is 4.40. The monoisotopic (exact) mass is 423 g/mol. The van der Waals surface area contributed by atoms with Gasteiger partial charge in [0.05, 0.1) is 12.7 Å². The maximum Gasteiger partial charge on any atom is 0.257 e. The van der Waals surface area contributed by atoms with Crippen LogP contribution in [0.5, 0.6) is 5.75 Å². The highest BCUT2D eigenvalue weighted by molar-refractivity contribution is 5.99. The maximum absolute atomic E-state index is 14.5. The Bertz CT molecular complexity index is 1140. The number of ether oxygens (including phenoxy) is 1. The van der Waals surface area contributed by atoms with Crippen molar-refractivity contribution in [2.45, 2.75) is 25.9 Å². The number of rotatable bonds is 3. The molecule has 4 rings (SSSR count). The van der Waals surface area contributed by atoms with Crippen molar-refractivity contribution < 1.29 is 18.7 Å². The van der Waals surface area contributed by atoms with Crippen LogP contribution in [0.3, 0.4) is 0 Å². The molecule has 1 aliphatic heterocycles. The summed E-state index contributed by atoms with van der Waals surface area (Å²) in [5.41, 5.74) is 1.62. The van der Waals surface area contributed by atoms with E-state index in [1.807, 2.05) is 55.9 Å². The molecule has 2 heterocycles. The average molecular weight is 423 g/mol. The van der Waals surface area contributed by atoms with Crippen molar-refractivity contribution in [3.05, 3.63) is 65.6 Å². The zero-order chi connectivity index (χ0) is 22.3. The van der Waals surface area contributed by atoms with E-state index in [-0.39, 0.29) is 29.5 Å². The molecular weight excluding hydrogens is 397 g/mol. The Balaban J connectivity index is 1.53. The summed E-state index contributed by atoms with van der Waals surface area (Å²) in [6.07, 6.45) is 1.96. The number of hydrogen-bond donors (Lipinski definition) is 0. The van der Waals surface area contributed by atoms with Gasteiger partial charge in [-0.1, -0.05) is 6.07 Å². The maximum atomic E-state index is 14.5. The van der Waals surface area contributed by atoms with Crippen LogP contribution >= 0.6 is 0 Å². The van der Waals surface area contributed by atoms with Gasteiger partial charge in [-0.15, -0.1) is 0 Å². The Morgan fingerprint density at radius 3 is 2.35 bits per heavy atom. The fourth-order valence-corrected chi connectivity index (χ4v) is 4.40. The first-order chi connectivity index (χ1) is 14.8. The van der Waals surface area contributed by atoms with E-state index in [0.717, 1.165) is 10.9 Å². The van der Waals surface area contributed by atoms with E-state index < -0.39 is 5.82 Å². The lowest BCUT2D eigenvalue weighted by molar-refractivity contribution is 0.0251. The minimum Gasteiger partial charge on any atom is -0.497 e. The first-order valence-corrected chi connectivity index (χ1v) is 10.3. The number of carbonyl (C=O) groups is 2. The average Bonchev–Trinajstić information content (AvgIpc) is 3.12. The number of halogens is 1. The van der Waals surface area contributed by atoms with Crippen molar-refractivity contribution in [2.75, 3.05) is 20.2 Å². The van der Waals surface area contributed by atoms with Crippen molar-refractivity contribution in [1.29, 1.82) is 0 Å². The predicted octanol–water partition coefficient (Wildman–Crippen LogP) is 3.70. The summed E-state index contributed by atoms with van der Waals surface area (Å²) in [6.45, 7) is 4.54. The van der Waals surface area contributed by atoms with Gasteiger partial charge < -0.3 is 19.1 Å². The van der Waals surface area contributed by atoms with Gasteiger partial charge in [-0.05, 0) is 49.6 Å². The fraction of sp³-hybridized carbons (Fsp3) is 0.333. The number of methoxy groups -OCH3 is 1. The van der Waals surface area contributed by atoms with Gasteiger partial charge in [-0.2, -0.15) is 0 Å². The normalized spacial score (nSPS) is 19.0. The number of nitrogens with zero attached hydrogens (tertiary/aromatic N) is 3. The molecule has 0 spiro atoms. The number of benzene rings is 2. The van der Waals surface area contributed by atoms with E-state index in [0.29, 0.717) is 24.4 Å². The molecule has 6 nitrogen and oxygen atoms in total. The van der Waals surface area contributed by atoms with Crippen LogP contribution in [0.2, 0.25) is 0 Å². The minimum absolute atomic E-state index is 0.00781. The predicted molar refractivity (Wildman–Crippen MR) is 117 cm³/mol. The summed E-state index contributed by atoms with van der Waals surface area (Å²) in [4.78, 5) is 29.7. The molecule has 1 saturated heterocycles. The van der Waals surface area contributed by atoms with E-state index in [2.05, 4.69) is 0 Å². The number of piperazine rings is 1. The van der Waals surface area contributed by atoms with Crippen molar-refractivity contribution in [3.8, 4) is 5.75 Å². The van der Waals surface area contributed by atoms with Crippen LogP contribution in [0.25, 0.3) is 10.9 Å². The summed E-state index contributed by atoms with van der Waals surface area (Å²) in [5.74, 6) is -0.694. The first-order valence-electron chi connectivity index (χ1n) is 10.3. The molecule has 162 valence electrons. The summed E-state index contributed by atoms with van der Waals surface area (Å²) >= 11 is 0. The van der Waals surface area contributed by atoms with Gasteiger partial charge in [0.2, 0.25) is 0 Å². The molecule has 3 aromatic rings. The zero-order valence-corrected chi connectivity index (χ0v) is 18.1. The number of amides is 2. The number of aromatic nitrogens is 1. The number of hydrogen-bond acceptors (Lipinski definition) is 3. The van der Waals surface area contributed by atoms with Gasteiger partial charge in [0.15, 0.2) is 0 Å². The Labute approximate surface area is 180 Å². The van der Waals surface area contributed by atoms with E-state index in [1.165, 1.54) is 19.2 Å². The van der Waals surface area contributed by atoms with Crippen LogP contribution in [0, 0.1) is 5.82 Å². The Morgan fingerprint density at radius 2 is 1.71 bits per heavy atom. The molecule has 1 aliphatic rings. The molecule has 2 amide bonds. The summed E-state index contributed by atoms with van der Waals surface area (Å²) in [7, 11) is 3.40. The van der Waals surface area contributed by atoms with Gasteiger partial charge in [0.1, 0.15) is 11.6 Å². The third kappa shape index (κ3) is 3.76. The highest BCUT2D eigenvalue weighted by atomic mass is 19.1. The molecular formula is C24H26FN3O3. The van der Waals surface area contributed by atoms with Crippen LogP contribution in [0.1, 0.15) is 34.6 Å². The highest BCUT2D eigenvalue weighted by Gasteiger charge is 2.36. The van der Waals surface area contributed by atoms with Gasteiger partial charge in [-0.3, -0.25) is 9.59 Å². The molecule has 0 bridgehead atoms. The second-order valence-electron chi connectivity index (χ2n) is 8.17. The molecule has 2 aromatic carbocycles. The highest BCUT2D eigenvalue weighted by Crippen LogP contribution is 2.25. The molecule has 0 saturated carbocycles. The van der Waals surface area contributed by atoms with Gasteiger partial charge in [0, 0.05) is 55.6 Å². The van der Waals surface area contributed by atoms with Crippen LogP contribution in [0.4, 0.5) is 4.39 Å². The Kier molecular flexibility index (Phi) is 5.43. The second-order valence-corrected chi connectivity index (χ2v) is 8.17. The minimum atomic E-state index is -0.613. The van der Waals surface area contributed by atoms with E-state index >= 15 is 0 Å². The summed E-state index contributed by atoms with van der Waals surface area (Å²) in [6, 6.07) is 11.4. The van der Waals surface area contributed by atoms with Crippen molar-refractivity contribution in [2.24, 2.45) is 7.05 Å². The van der Waals surface area contributed by atoms with Gasteiger partial charge in [0.25, 0.3) is 11.8 Å². The van der Waals surface area contributed by atoms with E-state index in [4.69, 9.17) is 4.74 Å². The lowest BCUT2D eigenvalue weighted by Crippen LogP contribution is -2.59. The van der Waals surface area contributed by atoms with Crippen LogP contribution in [-0.2, 0) is 7.05 Å². The van der Waals surface area contributed by atoms with Crippen LogP contribution in [0.15, 0.2) is 48.7 Å². The topological polar surface area (TPSA) is 54.8 Å². The number of carbonyl (C=O) groups excluding carboxylic acids is 2. The molecule has 31 heavy (non-hydrogen) atoms. The van der Waals surface area contributed by atoms with Gasteiger partial charge in [-0.25, -0.2) is 4.39 Å². The van der Waals surface area contributed by atoms with E-state index in [9.17, 15) is 14.0 Å². The molecule has 0 N–H and O–H groups in total. The lowest BCUT2D eigenvalue weighted by Gasteiger charge is -2.44. The first kappa shape index (κ1) is 20.9. The molecule has 7 heteroatoms. The molecule has 1 aromatic heterocycles. The zero-order valence-electron chi connectivity index (χ0n) is 18.1. The molecule has 0 unspecified atom stereocenters. The molecule has 1 fully saturated rings. The molecule has 0 radical (unpaired) electrons. The Hall–Kier alpha value is -3.35. The van der Waals surface area contributed by atoms with Crippen molar-refractivity contribution >= 4 is 22.7 Å². The third-order valence-electron chi connectivity index (χ3n) is 5.98. The quantitative estimate of drug-likeness (QED) is 0.646. The Morgan fingerprint density at radius 1 is 1.00 bits per heavy atom. The van der Waals surface area contributed by atoms with Crippen molar-refractivity contribution in [3.63, 3.8) is 0 Å². The second kappa shape index (κ2) is 8.06. The number of fused-ring (bicyclic) bond motifs is 1.